The number of rotatable bonds is 33. The van der Waals surface area contributed by atoms with Gasteiger partial charge in [-0.3, -0.25) is 4.79 Å². The highest BCUT2D eigenvalue weighted by molar-refractivity contribution is 5.66. The van der Waals surface area contributed by atoms with Crippen LogP contribution < -0.4 is 0 Å². The van der Waals surface area contributed by atoms with Crippen LogP contribution in [0.2, 0.25) is 0 Å². The monoisotopic (exact) mass is 552 g/mol. The Bertz CT molecular complexity index is 451. The van der Waals surface area contributed by atoms with Gasteiger partial charge in [0.15, 0.2) is 0 Å². The number of aliphatic carboxylic acids is 1. The molecule has 0 aromatic rings. The van der Waals surface area contributed by atoms with Gasteiger partial charge < -0.3 is 10.0 Å². The highest BCUT2D eigenvalue weighted by Crippen LogP contribution is 2.18. The van der Waals surface area contributed by atoms with Crippen molar-refractivity contribution in [3.8, 4) is 0 Å². The summed E-state index contributed by atoms with van der Waals surface area (Å²) in [7, 11) is 0. The van der Waals surface area contributed by atoms with Crippen LogP contribution in [-0.4, -0.2) is 35.1 Å². The van der Waals surface area contributed by atoms with Crippen molar-refractivity contribution in [2.75, 3.05) is 13.1 Å². The number of carbonyl (C=O) groups is 1. The predicted octanol–water partition coefficient (Wildman–Crippen LogP) is 12.1. The van der Waals surface area contributed by atoms with Gasteiger partial charge in [-0.2, -0.15) is 0 Å². The van der Waals surface area contributed by atoms with Gasteiger partial charge in [0.2, 0.25) is 0 Å². The van der Waals surface area contributed by atoms with Gasteiger partial charge in [0.1, 0.15) is 0 Å². The quantitative estimate of drug-likeness (QED) is 0.0824. The van der Waals surface area contributed by atoms with E-state index in [1.54, 1.807) is 0 Å². The van der Waals surface area contributed by atoms with Crippen molar-refractivity contribution in [1.82, 2.24) is 4.90 Å². The molecule has 0 spiro atoms. The molecule has 0 aromatic carbocycles. The maximum Gasteiger partial charge on any atom is 0.303 e. The van der Waals surface area contributed by atoms with Crippen LogP contribution in [0.4, 0.5) is 0 Å². The van der Waals surface area contributed by atoms with E-state index in [-0.39, 0.29) is 0 Å². The van der Waals surface area contributed by atoms with Gasteiger partial charge >= 0.3 is 5.97 Å². The summed E-state index contributed by atoms with van der Waals surface area (Å²) < 4.78 is 0. The summed E-state index contributed by atoms with van der Waals surface area (Å²) in [6, 6.07) is 0.441. The Labute approximate surface area is 246 Å². The predicted molar refractivity (Wildman–Crippen MR) is 174 cm³/mol. The molecule has 0 amide bonds. The number of unbranched alkanes of at least 4 members (excludes halogenated alkanes) is 24. The minimum Gasteiger partial charge on any atom is -0.481 e. The highest BCUT2D eigenvalue weighted by atomic mass is 16.4. The van der Waals surface area contributed by atoms with Gasteiger partial charge in [0.05, 0.1) is 0 Å². The van der Waals surface area contributed by atoms with Crippen LogP contribution in [0.5, 0.6) is 0 Å². The summed E-state index contributed by atoms with van der Waals surface area (Å²) in [4.78, 5) is 13.8. The van der Waals surface area contributed by atoms with E-state index in [4.69, 9.17) is 0 Å². The second-order valence-electron chi connectivity index (χ2n) is 12.5. The Balaban J connectivity index is 3.95. The largest absolute Gasteiger partial charge is 0.481 e. The molecule has 39 heavy (non-hydrogen) atoms. The van der Waals surface area contributed by atoms with E-state index in [1.807, 2.05) is 0 Å². The highest BCUT2D eigenvalue weighted by Gasteiger charge is 2.17. The molecule has 0 aliphatic rings. The summed E-state index contributed by atoms with van der Waals surface area (Å²) >= 11 is 0. The van der Waals surface area contributed by atoms with E-state index in [0.29, 0.717) is 12.5 Å². The molecule has 0 aromatic heterocycles. The average Bonchev–Trinajstić information content (AvgIpc) is 2.93. The first kappa shape index (κ1) is 38.4. The van der Waals surface area contributed by atoms with Crippen LogP contribution in [0.25, 0.3) is 0 Å². The first-order valence-electron chi connectivity index (χ1n) is 18.1. The molecule has 0 bridgehead atoms. The molecule has 0 radical (unpaired) electrons. The fourth-order valence-electron chi connectivity index (χ4n) is 6.08. The van der Waals surface area contributed by atoms with Gasteiger partial charge in [-0.05, 0) is 38.8 Å². The summed E-state index contributed by atoms with van der Waals surface area (Å²) in [5.74, 6) is -0.643. The van der Waals surface area contributed by atoms with Crippen molar-refractivity contribution >= 4 is 5.97 Å². The lowest BCUT2D eigenvalue weighted by atomic mass is 10.0. The summed E-state index contributed by atoms with van der Waals surface area (Å²) in [5.41, 5.74) is 0. The van der Waals surface area contributed by atoms with E-state index in [9.17, 15) is 9.90 Å². The molecule has 0 aliphatic carbocycles. The second-order valence-corrected chi connectivity index (χ2v) is 12.5. The summed E-state index contributed by atoms with van der Waals surface area (Å²) in [6.07, 6.45) is 38.5. The van der Waals surface area contributed by atoms with Crippen LogP contribution in [0, 0.1) is 0 Å². The molecular formula is C36H73NO2. The second kappa shape index (κ2) is 32.0. The minimum absolute atomic E-state index is 0.312. The van der Waals surface area contributed by atoms with E-state index >= 15 is 0 Å². The maximum atomic E-state index is 11.2. The Morgan fingerprint density at radius 3 is 1.03 bits per heavy atom. The van der Waals surface area contributed by atoms with Crippen molar-refractivity contribution in [2.24, 2.45) is 0 Å². The molecule has 0 rings (SSSR count). The van der Waals surface area contributed by atoms with Crippen LogP contribution in [0.3, 0.4) is 0 Å². The zero-order valence-corrected chi connectivity index (χ0v) is 27.3. The fraction of sp³-hybridized carbons (Fsp3) is 0.972. The molecule has 1 unspecified atom stereocenters. The first-order valence-corrected chi connectivity index (χ1v) is 18.1. The van der Waals surface area contributed by atoms with Crippen LogP contribution in [0.1, 0.15) is 207 Å². The average molecular weight is 552 g/mol. The molecule has 1 N–H and O–H groups in total. The topological polar surface area (TPSA) is 40.5 Å². The smallest absolute Gasteiger partial charge is 0.303 e. The van der Waals surface area contributed by atoms with Gasteiger partial charge in [0.25, 0.3) is 0 Å². The summed E-state index contributed by atoms with van der Waals surface area (Å²) in [6.45, 7) is 9.15. The first-order chi connectivity index (χ1) is 19.2. The Kier molecular flexibility index (Phi) is 31.5. The number of carboxylic acid groups (broad SMARTS) is 1. The van der Waals surface area contributed by atoms with E-state index in [0.717, 1.165) is 25.9 Å². The number of hydrogen-bond acceptors (Lipinski definition) is 2. The zero-order chi connectivity index (χ0) is 28.7. The lowest BCUT2D eigenvalue weighted by molar-refractivity contribution is -0.137. The lowest BCUT2D eigenvalue weighted by Gasteiger charge is -2.31. The van der Waals surface area contributed by atoms with Crippen molar-refractivity contribution in [3.63, 3.8) is 0 Å². The van der Waals surface area contributed by atoms with Crippen molar-refractivity contribution in [2.45, 2.75) is 213 Å². The third-order valence-electron chi connectivity index (χ3n) is 8.78. The third-order valence-corrected chi connectivity index (χ3v) is 8.78. The van der Waals surface area contributed by atoms with Crippen molar-refractivity contribution in [1.29, 1.82) is 0 Å². The van der Waals surface area contributed by atoms with Crippen molar-refractivity contribution in [3.05, 3.63) is 0 Å². The SMILES string of the molecule is CCCCCCCCCCCCCCCN(CCCCCCCCCCCCCCC)C(CC)CCC(=O)O. The van der Waals surface area contributed by atoms with Gasteiger partial charge in [-0.15, -0.1) is 0 Å². The van der Waals surface area contributed by atoms with Crippen molar-refractivity contribution < 1.29 is 9.90 Å². The lowest BCUT2D eigenvalue weighted by Crippen LogP contribution is -2.37. The number of hydrogen-bond donors (Lipinski definition) is 1. The normalized spacial score (nSPS) is 12.4. The van der Waals surface area contributed by atoms with Crippen LogP contribution in [0.15, 0.2) is 0 Å². The van der Waals surface area contributed by atoms with E-state index in [2.05, 4.69) is 25.7 Å². The fourth-order valence-corrected chi connectivity index (χ4v) is 6.08. The molecular weight excluding hydrogens is 478 g/mol. The Morgan fingerprint density at radius 1 is 0.487 bits per heavy atom. The number of nitrogens with zero attached hydrogens (tertiary/aromatic N) is 1. The molecule has 3 heteroatoms. The molecule has 0 fully saturated rings. The zero-order valence-electron chi connectivity index (χ0n) is 27.3. The molecule has 0 heterocycles. The Morgan fingerprint density at radius 2 is 0.769 bits per heavy atom. The number of carboxylic acids is 1. The van der Waals surface area contributed by atoms with E-state index < -0.39 is 5.97 Å². The Hall–Kier alpha value is -0.570. The van der Waals surface area contributed by atoms with Gasteiger partial charge in [-0.1, -0.05) is 175 Å². The molecule has 0 saturated heterocycles. The van der Waals surface area contributed by atoms with Crippen LogP contribution >= 0.6 is 0 Å². The third kappa shape index (κ3) is 28.7. The molecule has 234 valence electrons. The van der Waals surface area contributed by atoms with Gasteiger partial charge in [0, 0.05) is 12.5 Å². The summed E-state index contributed by atoms with van der Waals surface area (Å²) in [5, 5.41) is 9.22. The molecule has 0 saturated carbocycles. The maximum absolute atomic E-state index is 11.2. The van der Waals surface area contributed by atoms with Crippen LogP contribution in [-0.2, 0) is 4.79 Å². The standard InChI is InChI=1S/C36H73NO2/c1-4-7-9-11-13-15-17-19-21-23-25-27-29-33-37(35(6-3)31-32-36(38)39)34-30-28-26-24-22-20-18-16-14-12-10-8-5-2/h35H,4-34H2,1-3H3,(H,38,39). The molecule has 1 atom stereocenters. The van der Waals surface area contributed by atoms with Gasteiger partial charge in [-0.25, -0.2) is 0 Å². The minimum atomic E-state index is -0.643. The molecule has 0 aliphatic heterocycles. The molecule has 3 nitrogen and oxygen atoms in total. The van der Waals surface area contributed by atoms with E-state index in [1.165, 1.54) is 167 Å².